The van der Waals surface area contributed by atoms with Gasteiger partial charge < -0.3 is 10.0 Å². The lowest BCUT2D eigenvalue weighted by Crippen LogP contribution is -2.31. The predicted octanol–water partition coefficient (Wildman–Crippen LogP) is 1.57. The highest BCUT2D eigenvalue weighted by atomic mass is 16.4. The van der Waals surface area contributed by atoms with E-state index in [-0.39, 0.29) is 5.41 Å². The predicted molar refractivity (Wildman–Crippen MR) is 68.9 cm³/mol. The molecular formula is C13H21BO2. The molecule has 0 aliphatic rings. The lowest BCUT2D eigenvalue weighted by atomic mass is 9.76. The van der Waals surface area contributed by atoms with E-state index in [9.17, 15) is 0 Å². The molecular weight excluding hydrogens is 199 g/mol. The fraction of sp³-hybridized carbons (Fsp3) is 0.538. The van der Waals surface area contributed by atoms with Crippen molar-refractivity contribution in [3.8, 4) is 0 Å². The molecule has 0 aliphatic carbocycles. The summed E-state index contributed by atoms with van der Waals surface area (Å²) in [5.74, 6) is 0. The Balaban J connectivity index is 3.13. The molecule has 88 valence electrons. The Hall–Kier alpha value is -0.795. The van der Waals surface area contributed by atoms with Crippen molar-refractivity contribution in [2.45, 2.75) is 41.0 Å². The number of benzene rings is 1. The van der Waals surface area contributed by atoms with Crippen LogP contribution in [0, 0.1) is 19.3 Å². The zero-order valence-electron chi connectivity index (χ0n) is 10.8. The van der Waals surface area contributed by atoms with Crippen LogP contribution < -0.4 is 5.46 Å². The van der Waals surface area contributed by atoms with Gasteiger partial charge in [-0.25, -0.2) is 0 Å². The SMILES string of the molecule is Cc1cc(B(O)O)cc(C)c1CC(C)(C)C. The van der Waals surface area contributed by atoms with Gasteiger partial charge in [0, 0.05) is 0 Å². The van der Waals surface area contributed by atoms with Gasteiger partial charge in [0.15, 0.2) is 0 Å². The van der Waals surface area contributed by atoms with Crippen LogP contribution >= 0.6 is 0 Å². The number of aryl methyl sites for hydroxylation is 2. The van der Waals surface area contributed by atoms with Crippen molar-refractivity contribution in [3.05, 3.63) is 28.8 Å². The first kappa shape index (κ1) is 13.3. The number of hydrogen-bond donors (Lipinski definition) is 2. The second-order valence-corrected chi connectivity index (χ2v) is 5.74. The van der Waals surface area contributed by atoms with E-state index in [0.717, 1.165) is 17.5 Å². The van der Waals surface area contributed by atoms with E-state index < -0.39 is 7.12 Å². The first-order valence-corrected chi connectivity index (χ1v) is 5.67. The first-order valence-electron chi connectivity index (χ1n) is 5.67. The highest BCUT2D eigenvalue weighted by Gasteiger charge is 2.18. The van der Waals surface area contributed by atoms with Crippen molar-refractivity contribution in [2.24, 2.45) is 5.41 Å². The highest BCUT2D eigenvalue weighted by Crippen LogP contribution is 2.24. The van der Waals surface area contributed by atoms with Gasteiger partial charge in [-0.1, -0.05) is 32.9 Å². The molecule has 0 spiro atoms. The van der Waals surface area contributed by atoms with Crippen molar-refractivity contribution in [3.63, 3.8) is 0 Å². The summed E-state index contributed by atoms with van der Waals surface area (Å²) in [6.07, 6.45) is 1.01. The van der Waals surface area contributed by atoms with Crippen LogP contribution in [0.4, 0.5) is 0 Å². The zero-order valence-corrected chi connectivity index (χ0v) is 10.8. The Kier molecular flexibility index (Phi) is 3.82. The Morgan fingerprint density at radius 3 is 1.81 bits per heavy atom. The average Bonchev–Trinajstić information content (AvgIpc) is 2.09. The van der Waals surface area contributed by atoms with Crippen molar-refractivity contribution in [2.75, 3.05) is 0 Å². The van der Waals surface area contributed by atoms with Gasteiger partial charge in [-0.05, 0) is 47.8 Å². The van der Waals surface area contributed by atoms with Gasteiger partial charge in [-0.15, -0.1) is 0 Å². The Labute approximate surface area is 98.5 Å². The Bertz CT molecular complexity index is 355. The van der Waals surface area contributed by atoms with Crippen LogP contribution in [0.1, 0.15) is 37.5 Å². The van der Waals surface area contributed by atoms with Crippen molar-refractivity contribution in [1.82, 2.24) is 0 Å². The fourth-order valence-corrected chi connectivity index (χ4v) is 1.99. The van der Waals surface area contributed by atoms with Crippen LogP contribution in [0.5, 0.6) is 0 Å². The van der Waals surface area contributed by atoms with Crippen molar-refractivity contribution < 1.29 is 10.0 Å². The average molecular weight is 220 g/mol. The van der Waals surface area contributed by atoms with E-state index in [4.69, 9.17) is 10.0 Å². The zero-order chi connectivity index (χ0) is 12.5. The molecule has 0 radical (unpaired) electrons. The third kappa shape index (κ3) is 3.36. The summed E-state index contributed by atoms with van der Waals surface area (Å²) >= 11 is 0. The fourth-order valence-electron chi connectivity index (χ4n) is 1.99. The molecule has 16 heavy (non-hydrogen) atoms. The Morgan fingerprint density at radius 1 is 1.06 bits per heavy atom. The van der Waals surface area contributed by atoms with Gasteiger partial charge >= 0.3 is 7.12 Å². The molecule has 1 aromatic carbocycles. The standard InChI is InChI=1S/C13H21BO2/c1-9-6-11(14(15)16)7-10(2)12(9)8-13(3,4)5/h6-7,15-16H,8H2,1-5H3. The van der Waals surface area contributed by atoms with Crippen LogP contribution in [-0.4, -0.2) is 17.2 Å². The normalized spacial score (nSPS) is 11.7. The van der Waals surface area contributed by atoms with E-state index in [1.807, 2.05) is 26.0 Å². The number of rotatable bonds is 2. The molecule has 0 heterocycles. The molecule has 3 heteroatoms. The molecule has 0 saturated heterocycles. The van der Waals surface area contributed by atoms with Crippen LogP contribution in [0.3, 0.4) is 0 Å². The maximum absolute atomic E-state index is 9.15. The van der Waals surface area contributed by atoms with E-state index in [1.165, 1.54) is 5.56 Å². The quantitative estimate of drug-likeness (QED) is 0.742. The Morgan fingerprint density at radius 2 is 1.50 bits per heavy atom. The molecule has 1 rings (SSSR count). The molecule has 2 N–H and O–H groups in total. The van der Waals surface area contributed by atoms with Crippen LogP contribution in [0.25, 0.3) is 0 Å². The maximum atomic E-state index is 9.15. The summed E-state index contributed by atoms with van der Waals surface area (Å²) < 4.78 is 0. The molecule has 2 nitrogen and oxygen atoms in total. The minimum atomic E-state index is -1.37. The van der Waals surface area contributed by atoms with Gasteiger partial charge in [0.25, 0.3) is 0 Å². The van der Waals surface area contributed by atoms with Gasteiger partial charge in [0.05, 0.1) is 0 Å². The van der Waals surface area contributed by atoms with Gasteiger partial charge in [-0.2, -0.15) is 0 Å². The molecule has 0 aliphatic heterocycles. The van der Waals surface area contributed by atoms with Gasteiger partial charge in [-0.3, -0.25) is 0 Å². The summed E-state index contributed by atoms with van der Waals surface area (Å²) in [5.41, 5.74) is 4.41. The third-order valence-corrected chi connectivity index (χ3v) is 2.72. The van der Waals surface area contributed by atoms with Gasteiger partial charge in [0.2, 0.25) is 0 Å². The van der Waals surface area contributed by atoms with Crippen LogP contribution in [-0.2, 0) is 6.42 Å². The summed E-state index contributed by atoms with van der Waals surface area (Å²) in [6, 6.07) is 3.72. The third-order valence-electron chi connectivity index (χ3n) is 2.72. The lowest BCUT2D eigenvalue weighted by Gasteiger charge is -2.22. The van der Waals surface area contributed by atoms with Gasteiger partial charge in [0.1, 0.15) is 0 Å². The minimum Gasteiger partial charge on any atom is -0.423 e. The number of hydrogen-bond acceptors (Lipinski definition) is 2. The van der Waals surface area contributed by atoms with E-state index in [2.05, 4.69) is 20.8 Å². The minimum absolute atomic E-state index is 0.245. The first-order chi connectivity index (χ1) is 7.20. The molecule has 0 atom stereocenters. The molecule has 0 fully saturated rings. The van der Waals surface area contributed by atoms with E-state index >= 15 is 0 Å². The largest absolute Gasteiger partial charge is 0.488 e. The summed E-state index contributed by atoms with van der Waals surface area (Å²) in [5, 5.41) is 18.3. The smallest absolute Gasteiger partial charge is 0.423 e. The topological polar surface area (TPSA) is 40.5 Å². The van der Waals surface area contributed by atoms with Crippen molar-refractivity contribution in [1.29, 1.82) is 0 Å². The summed E-state index contributed by atoms with van der Waals surface area (Å²) in [6.45, 7) is 10.7. The molecule has 0 amide bonds. The monoisotopic (exact) mass is 220 g/mol. The summed E-state index contributed by atoms with van der Waals surface area (Å²) in [7, 11) is -1.37. The second kappa shape index (κ2) is 4.60. The highest BCUT2D eigenvalue weighted by molar-refractivity contribution is 6.58. The van der Waals surface area contributed by atoms with E-state index in [1.54, 1.807) is 0 Å². The molecule has 1 aromatic rings. The molecule has 0 bridgehead atoms. The maximum Gasteiger partial charge on any atom is 0.488 e. The van der Waals surface area contributed by atoms with Crippen LogP contribution in [0.2, 0.25) is 0 Å². The van der Waals surface area contributed by atoms with Crippen molar-refractivity contribution >= 4 is 12.6 Å². The molecule has 0 aromatic heterocycles. The van der Waals surface area contributed by atoms with Crippen LogP contribution in [0.15, 0.2) is 12.1 Å². The molecule has 0 unspecified atom stereocenters. The summed E-state index contributed by atoms with van der Waals surface area (Å²) in [4.78, 5) is 0. The second-order valence-electron chi connectivity index (χ2n) is 5.74. The lowest BCUT2D eigenvalue weighted by molar-refractivity contribution is 0.409. The molecule has 0 saturated carbocycles. The van der Waals surface area contributed by atoms with E-state index in [0.29, 0.717) is 5.46 Å².